The zero-order chi connectivity index (χ0) is 22.1. The van der Waals surface area contributed by atoms with Crippen molar-refractivity contribution in [2.24, 2.45) is 11.8 Å². The molecule has 0 amide bonds. The van der Waals surface area contributed by atoms with Gasteiger partial charge in [0, 0.05) is 5.56 Å². The number of aromatic carboxylic acids is 1. The molecule has 2 aliphatic heterocycles. The number of carbonyl (C=O) groups is 1. The van der Waals surface area contributed by atoms with Gasteiger partial charge in [-0.15, -0.1) is 0 Å². The molecule has 2 unspecified atom stereocenters. The average molecular weight is 429 g/mol. The van der Waals surface area contributed by atoms with Gasteiger partial charge in [0.25, 0.3) is 0 Å². The van der Waals surface area contributed by atoms with Crippen LogP contribution in [0.1, 0.15) is 54.9 Å². The predicted octanol–water partition coefficient (Wildman–Crippen LogP) is 6.41. The van der Waals surface area contributed by atoms with Crippen LogP contribution in [0.2, 0.25) is 0 Å². The van der Waals surface area contributed by atoms with Crippen molar-refractivity contribution < 1.29 is 19.4 Å². The van der Waals surface area contributed by atoms with E-state index in [4.69, 9.17) is 9.47 Å². The highest BCUT2D eigenvalue weighted by atomic mass is 16.5. The number of carboxylic acid groups (broad SMARTS) is 1. The minimum Gasteiger partial charge on any atom is -0.496 e. The Bertz CT molecular complexity index is 1230. The summed E-state index contributed by atoms with van der Waals surface area (Å²) in [7, 11) is 1.75. The fraction of sp³-hybridized carbons (Fsp3) is 0.393. The highest BCUT2D eigenvalue weighted by Gasteiger charge is 2.58. The van der Waals surface area contributed by atoms with Gasteiger partial charge >= 0.3 is 5.97 Å². The highest BCUT2D eigenvalue weighted by Crippen LogP contribution is 2.62. The van der Waals surface area contributed by atoms with Crippen molar-refractivity contribution in [1.82, 2.24) is 0 Å². The minimum atomic E-state index is -0.903. The SMILES string of the molecule is COc1ccc(-c2ccc3cc(C(=O)O)ccc3c2)cc1C12CC3CC(CC(C)(C3)O1)C2. The maximum absolute atomic E-state index is 11.3. The predicted molar refractivity (Wildman–Crippen MR) is 124 cm³/mol. The zero-order valence-corrected chi connectivity index (χ0v) is 18.6. The lowest BCUT2D eigenvalue weighted by Crippen LogP contribution is -2.58. The van der Waals surface area contributed by atoms with E-state index in [0.717, 1.165) is 52.3 Å². The third-order valence-electron chi connectivity index (χ3n) is 7.90. The molecule has 1 N–H and O–H groups in total. The number of methoxy groups -OCH3 is 1. The van der Waals surface area contributed by atoms with E-state index in [1.54, 1.807) is 19.2 Å². The van der Waals surface area contributed by atoms with Gasteiger partial charge in [-0.2, -0.15) is 0 Å². The maximum Gasteiger partial charge on any atom is 0.335 e. The molecule has 4 nitrogen and oxygen atoms in total. The van der Waals surface area contributed by atoms with Crippen LogP contribution in [0.3, 0.4) is 0 Å². The van der Waals surface area contributed by atoms with Crippen LogP contribution in [0.15, 0.2) is 54.6 Å². The Morgan fingerprint density at radius 1 is 0.938 bits per heavy atom. The molecule has 2 aliphatic carbocycles. The van der Waals surface area contributed by atoms with E-state index in [9.17, 15) is 9.90 Å². The van der Waals surface area contributed by atoms with Gasteiger partial charge in [0.05, 0.1) is 23.9 Å². The van der Waals surface area contributed by atoms with Gasteiger partial charge in [0.15, 0.2) is 0 Å². The lowest BCUT2D eigenvalue weighted by atomic mass is 9.57. The number of benzene rings is 3. The van der Waals surface area contributed by atoms with Gasteiger partial charge in [0.1, 0.15) is 5.75 Å². The molecule has 4 aliphatic rings. The third kappa shape index (κ3) is 3.04. The first kappa shape index (κ1) is 19.8. The van der Waals surface area contributed by atoms with Crippen molar-refractivity contribution in [3.8, 4) is 16.9 Å². The molecule has 2 heterocycles. The number of hydrogen-bond donors (Lipinski definition) is 1. The monoisotopic (exact) mass is 428 g/mol. The van der Waals surface area contributed by atoms with Gasteiger partial charge in [-0.25, -0.2) is 4.79 Å². The van der Waals surface area contributed by atoms with E-state index in [0.29, 0.717) is 5.56 Å². The third-order valence-corrected chi connectivity index (χ3v) is 7.90. The van der Waals surface area contributed by atoms with E-state index in [1.165, 1.54) is 24.8 Å². The van der Waals surface area contributed by atoms with Crippen molar-refractivity contribution in [2.45, 2.75) is 50.2 Å². The van der Waals surface area contributed by atoms with E-state index >= 15 is 0 Å². The summed E-state index contributed by atoms with van der Waals surface area (Å²) >= 11 is 0. The van der Waals surface area contributed by atoms with E-state index < -0.39 is 5.97 Å². The summed E-state index contributed by atoms with van der Waals surface area (Å²) in [6, 6.07) is 17.9. The molecule has 4 bridgehead atoms. The summed E-state index contributed by atoms with van der Waals surface area (Å²) in [4.78, 5) is 11.3. The number of carboxylic acids is 1. The van der Waals surface area contributed by atoms with Crippen LogP contribution < -0.4 is 4.74 Å². The second-order valence-electron chi connectivity index (χ2n) is 10.3. The molecule has 0 aromatic heterocycles. The van der Waals surface area contributed by atoms with Gasteiger partial charge in [-0.05, 0) is 103 Å². The van der Waals surface area contributed by atoms with Gasteiger partial charge in [0.2, 0.25) is 0 Å². The molecular formula is C28H28O4. The average Bonchev–Trinajstić information content (AvgIpc) is 2.76. The van der Waals surface area contributed by atoms with Gasteiger partial charge in [-0.1, -0.05) is 24.3 Å². The van der Waals surface area contributed by atoms with Crippen LogP contribution in [-0.2, 0) is 10.3 Å². The molecule has 32 heavy (non-hydrogen) atoms. The Labute approximate surface area is 188 Å². The molecule has 164 valence electrons. The topological polar surface area (TPSA) is 55.8 Å². The Balaban J connectivity index is 1.44. The normalized spacial score (nSPS) is 30.6. The summed E-state index contributed by atoms with van der Waals surface area (Å²) in [6.07, 6.45) is 5.85. The molecule has 2 saturated heterocycles. The lowest BCUT2D eigenvalue weighted by molar-refractivity contribution is -0.273. The van der Waals surface area contributed by atoms with Crippen molar-refractivity contribution in [3.05, 3.63) is 65.7 Å². The Morgan fingerprint density at radius 3 is 2.28 bits per heavy atom. The molecule has 2 saturated carbocycles. The fourth-order valence-electron chi connectivity index (χ4n) is 6.98. The first-order chi connectivity index (χ1) is 15.4. The minimum absolute atomic E-state index is 0.0180. The summed E-state index contributed by atoms with van der Waals surface area (Å²) in [5.41, 5.74) is 3.46. The summed E-state index contributed by atoms with van der Waals surface area (Å²) in [6.45, 7) is 2.30. The molecule has 3 aromatic carbocycles. The Kier molecular flexibility index (Phi) is 4.22. The smallest absolute Gasteiger partial charge is 0.335 e. The number of rotatable bonds is 4. The first-order valence-corrected chi connectivity index (χ1v) is 11.5. The van der Waals surface area contributed by atoms with Crippen molar-refractivity contribution in [3.63, 3.8) is 0 Å². The zero-order valence-electron chi connectivity index (χ0n) is 18.6. The molecule has 7 rings (SSSR count). The van der Waals surface area contributed by atoms with Gasteiger partial charge in [-0.3, -0.25) is 0 Å². The Hall–Kier alpha value is -2.85. The van der Waals surface area contributed by atoms with Crippen LogP contribution in [-0.4, -0.2) is 23.8 Å². The van der Waals surface area contributed by atoms with Crippen LogP contribution in [0.4, 0.5) is 0 Å². The van der Waals surface area contributed by atoms with Crippen molar-refractivity contribution >= 4 is 16.7 Å². The molecule has 2 atom stereocenters. The maximum atomic E-state index is 11.3. The van der Waals surface area contributed by atoms with Crippen LogP contribution in [0, 0.1) is 11.8 Å². The quantitative estimate of drug-likeness (QED) is 0.522. The van der Waals surface area contributed by atoms with Crippen molar-refractivity contribution in [1.29, 1.82) is 0 Å². The second kappa shape index (κ2) is 6.82. The lowest BCUT2D eigenvalue weighted by Gasteiger charge is -2.61. The molecule has 4 heteroatoms. The molecule has 4 fully saturated rings. The number of fused-ring (bicyclic) bond motifs is 1. The summed E-state index contributed by atoms with van der Waals surface area (Å²) < 4.78 is 12.7. The fourth-order valence-corrected chi connectivity index (χ4v) is 6.98. The number of ether oxygens (including phenoxy) is 2. The molecular weight excluding hydrogens is 400 g/mol. The first-order valence-electron chi connectivity index (χ1n) is 11.5. The number of hydrogen-bond acceptors (Lipinski definition) is 3. The molecule has 0 spiro atoms. The van der Waals surface area contributed by atoms with Crippen LogP contribution >= 0.6 is 0 Å². The van der Waals surface area contributed by atoms with E-state index in [2.05, 4.69) is 37.3 Å². The Morgan fingerprint density at radius 2 is 1.59 bits per heavy atom. The summed E-state index contributed by atoms with van der Waals surface area (Å²) in [5.74, 6) is 1.48. The van der Waals surface area contributed by atoms with Crippen LogP contribution in [0.5, 0.6) is 5.75 Å². The van der Waals surface area contributed by atoms with E-state index in [1.807, 2.05) is 12.1 Å². The molecule has 3 aromatic rings. The largest absolute Gasteiger partial charge is 0.496 e. The van der Waals surface area contributed by atoms with E-state index in [-0.39, 0.29) is 11.2 Å². The molecule has 0 radical (unpaired) electrons. The van der Waals surface area contributed by atoms with Crippen LogP contribution in [0.25, 0.3) is 21.9 Å². The second-order valence-corrected chi connectivity index (χ2v) is 10.3. The van der Waals surface area contributed by atoms with Crippen molar-refractivity contribution in [2.75, 3.05) is 7.11 Å². The van der Waals surface area contributed by atoms with Gasteiger partial charge < -0.3 is 14.6 Å². The standard InChI is InChI=1S/C28H28O4/c1-27-13-17-9-18(14-27)16-28(15-17,32-27)24-12-22(7-8-25(24)31-2)20-3-4-21-11-23(26(29)30)6-5-19(21)10-20/h3-8,10-12,17-18H,9,13-16H2,1-2H3,(H,29,30). The highest BCUT2D eigenvalue weighted by molar-refractivity contribution is 5.95. The summed E-state index contributed by atoms with van der Waals surface area (Å²) in [5, 5.41) is 11.2.